The second kappa shape index (κ2) is 8.64. The maximum Gasteiger partial charge on any atom is 0.332 e. The zero-order chi connectivity index (χ0) is 16.5. The Kier molecular flexibility index (Phi) is 6.86. The molecule has 0 radical (unpaired) electrons. The van der Waals surface area contributed by atoms with Crippen LogP contribution in [0.3, 0.4) is 0 Å². The summed E-state index contributed by atoms with van der Waals surface area (Å²) in [6, 6.07) is 3.91. The molecule has 0 aliphatic carbocycles. The van der Waals surface area contributed by atoms with Gasteiger partial charge in [-0.1, -0.05) is 0 Å². The van der Waals surface area contributed by atoms with Gasteiger partial charge in [0.2, 0.25) is 0 Å². The van der Waals surface area contributed by atoms with Gasteiger partial charge in [0.15, 0.2) is 5.82 Å². The summed E-state index contributed by atoms with van der Waals surface area (Å²) in [5, 5.41) is 9.30. The van der Waals surface area contributed by atoms with E-state index < -0.39 is 5.97 Å². The van der Waals surface area contributed by atoms with Crippen LogP contribution in [0.1, 0.15) is 30.7 Å². The summed E-state index contributed by atoms with van der Waals surface area (Å²) in [6.07, 6.45) is 1.31. The number of nitrogens with zero attached hydrogens (tertiary/aromatic N) is 2. The van der Waals surface area contributed by atoms with Crippen LogP contribution in [0.25, 0.3) is 0 Å². The lowest BCUT2D eigenvalue weighted by atomic mass is 10.1. The summed E-state index contributed by atoms with van der Waals surface area (Å²) in [5.41, 5.74) is 8.08. The SMILES string of the molecule is CCOC(=O)/C=C(/C)NNc1nc(C)cc(COC)c1C#N. The molecule has 2 N–H and O–H groups in total. The van der Waals surface area contributed by atoms with Crippen LogP contribution in [-0.4, -0.2) is 24.7 Å². The predicted octanol–water partition coefficient (Wildman–Crippen LogP) is 1.79. The molecule has 0 saturated heterocycles. The van der Waals surface area contributed by atoms with Crippen LogP contribution in [0, 0.1) is 18.3 Å². The number of hydrogen-bond acceptors (Lipinski definition) is 7. The van der Waals surface area contributed by atoms with Gasteiger partial charge in [0.05, 0.1) is 13.2 Å². The highest BCUT2D eigenvalue weighted by molar-refractivity contribution is 5.82. The number of aromatic nitrogens is 1. The topological polar surface area (TPSA) is 96.3 Å². The van der Waals surface area contributed by atoms with E-state index in [9.17, 15) is 10.1 Å². The van der Waals surface area contributed by atoms with Gasteiger partial charge in [0.25, 0.3) is 0 Å². The zero-order valence-electron chi connectivity index (χ0n) is 13.2. The van der Waals surface area contributed by atoms with Crippen molar-refractivity contribution in [3.8, 4) is 6.07 Å². The summed E-state index contributed by atoms with van der Waals surface area (Å²) < 4.78 is 9.90. The molecule has 0 saturated carbocycles. The second-order valence-corrected chi connectivity index (χ2v) is 4.52. The van der Waals surface area contributed by atoms with E-state index in [0.717, 1.165) is 11.3 Å². The number of nitriles is 1. The second-order valence-electron chi connectivity index (χ2n) is 4.52. The van der Waals surface area contributed by atoms with Crippen molar-refractivity contribution in [1.82, 2.24) is 10.4 Å². The van der Waals surface area contributed by atoms with Gasteiger partial charge >= 0.3 is 5.97 Å². The van der Waals surface area contributed by atoms with Crippen molar-refractivity contribution in [2.45, 2.75) is 27.4 Å². The Morgan fingerprint density at radius 3 is 2.86 bits per heavy atom. The molecule has 7 nitrogen and oxygen atoms in total. The fraction of sp³-hybridized carbons (Fsp3) is 0.400. The third-order valence-electron chi connectivity index (χ3n) is 2.64. The van der Waals surface area contributed by atoms with Crippen molar-refractivity contribution in [1.29, 1.82) is 5.26 Å². The van der Waals surface area contributed by atoms with Crippen LogP contribution >= 0.6 is 0 Å². The summed E-state index contributed by atoms with van der Waals surface area (Å²) in [6.45, 7) is 5.89. The summed E-state index contributed by atoms with van der Waals surface area (Å²) >= 11 is 0. The molecule has 1 aromatic rings. The molecular weight excluding hydrogens is 284 g/mol. The molecule has 0 fully saturated rings. The van der Waals surface area contributed by atoms with Gasteiger partial charge in [-0.05, 0) is 26.8 Å². The summed E-state index contributed by atoms with van der Waals surface area (Å²) in [4.78, 5) is 15.6. The lowest BCUT2D eigenvalue weighted by Crippen LogP contribution is -2.22. The normalized spacial score (nSPS) is 10.8. The number of nitrogens with one attached hydrogen (secondary N) is 2. The number of hydrazine groups is 1. The number of aryl methyl sites for hydroxylation is 1. The highest BCUT2D eigenvalue weighted by Crippen LogP contribution is 2.18. The maximum atomic E-state index is 11.3. The molecule has 1 rings (SSSR count). The molecule has 22 heavy (non-hydrogen) atoms. The maximum absolute atomic E-state index is 11.3. The van der Waals surface area contributed by atoms with Gasteiger partial charge in [0, 0.05) is 30.1 Å². The number of carbonyl (C=O) groups is 1. The molecule has 0 aliphatic heterocycles. The third-order valence-corrected chi connectivity index (χ3v) is 2.64. The van der Waals surface area contributed by atoms with Gasteiger partial charge in [-0.3, -0.25) is 5.43 Å². The highest BCUT2D eigenvalue weighted by atomic mass is 16.5. The first-order valence-corrected chi connectivity index (χ1v) is 6.78. The fourth-order valence-electron chi connectivity index (χ4n) is 1.78. The molecule has 1 aromatic heterocycles. The van der Waals surface area contributed by atoms with E-state index in [1.165, 1.54) is 6.08 Å². The largest absolute Gasteiger partial charge is 0.463 e. The van der Waals surface area contributed by atoms with Crippen molar-refractivity contribution >= 4 is 11.8 Å². The molecule has 0 atom stereocenters. The Balaban J connectivity index is 2.90. The van der Waals surface area contributed by atoms with E-state index in [1.54, 1.807) is 27.0 Å². The van der Waals surface area contributed by atoms with Gasteiger partial charge in [0.1, 0.15) is 11.6 Å². The molecule has 118 valence electrons. The number of ether oxygens (including phenoxy) is 2. The minimum Gasteiger partial charge on any atom is -0.463 e. The average Bonchev–Trinajstić information content (AvgIpc) is 2.45. The lowest BCUT2D eigenvalue weighted by Gasteiger charge is -2.13. The van der Waals surface area contributed by atoms with E-state index in [0.29, 0.717) is 30.3 Å². The lowest BCUT2D eigenvalue weighted by molar-refractivity contribution is -0.137. The number of allylic oxidation sites excluding steroid dienone is 1. The molecule has 0 unspecified atom stereocenters. The number of carbonyl (C=O) groups excluding carboxylic acids is 1. The molecule has 7 heteroatoms. The zero-order valence-corrected chi connectivity index (χ0v) is 13.2. The van der Waals surface area contributed by atoms with Gasteiger partial charge in [-0.15, -0.1) is 0 Å². The van der Waals surface area contributed by atoms with Gasteiger partial charge in [-0.2, -0.15) is 5.26 Å². The van der Waals surface area contributed by atoms with Crippen LogP contribution < -0.4 is 10.9 Å². The number of hydrogen-bond donors (Lipinski definition) is 2. The first-order chi connectivity index (χ1) is 10.5. The van der Waals surface area contributed by atoms with Crippen LogP contribution in [0.4, 0.5) is 5.82 Å². The molecule has 0 spiro atoms. The van der Waals surface area contributed by atoms with E-state index in [-0.39, 0.29) is 0 Å². The Labute approximate surface area is 129 Å². The van der Waals surface area contributed by atoms with E-state index >= 15 is 0 Å². The fourth-order valence-corrected chi connectivity index (χ4v) is 1.78. The Hall–Kier alpha value is -2.59. The molecular formula is C15H20N4O3. The molecule has 1 heterocycles. The smallest absolute Gasteiger partial charge is 0.332 e. The number of esters is 1. The number of methoxy groups -OCH3 is 1. The van der Waals surface area contributed by atoms with Gasteiger partial charge in [-0.25, -0.2) is 9.78 Å². The first-order valence-electron chi connectivity index (χ1n) is 6.78. The minimum absolute atomic E-state index is 0.314. The number of rotatable bonds is 7. The van der Waals surface area contributed by atoms with Crippen LogP contribution in [0.5, 0.6) is 0 Å². The molecule has 0 aromatic carbocycles. The highest BCUT2D eigenvalue weighted by Gasteiger charge is 2.11. The number of anilines is 1. The van der Waals surface area contributed by atoms with E-state index in [1.807, 2.05) is 6.92 Å². The van der Waals surface area contributed by atoms with Crippen LogP contribution in [0.2, 0.25) is 0 Å². The van der Waals surface area contributed by atoms with Crippen molar-refractivity contribution in [3.63, 3.8) is 0 Å². The average molecular weight is 304 g/mol. The number of pyridine rings is 1. The summed E-state index contributed by atoms with van der Waals surface area (Å²) in [5.74, 6) is -0.0572. The van der Waals surface area contributed by atoms with Crippen LogP contribution in [-0.2, 0) is 20.9 Å². The Bertz CT molecular complexity index is 606. The van der Waals surface area contributed by atoms with Crippen molar-refractivity contribution in [3.05, 3.63) is 34.7 Å². The van der Waals surface area contributed by atoms with Crippen LogP contribution in [0.15, 0.2) is 17.8 Å². The van der Waals surface area contributed by atoms with Gasteiger partial charge < -0.3 is 14.9 Å². The minimum atomic E-state index is -0.438. The molecule has 0 amide bonds. The Morgan fingerprint density at radius 1 is 1.55 bits per heavy atom. The van der Waals surface area contributed by atoms with E-state index in [4.69, 9.17) is 9.47 Å². The standard InChI is InChI=1S/C15H20N4O3/c1-5-22-14(20)7-11(3)18-19-15-13(8-16)12(9-21-4)6-10(2)17-15/h6-7,18H,5,9H2,1-4H3,(H,17,19)/b11-7-. The summed E-state index contributed by atoms with van der Waals surface area (Å²) in [7, 11) is 1.56. The first kappa shape index (κ1) is 17.5. The molecule has 0 bridgehead atoms. The third kappa shape index (κ3) is 5.07. The molecule has 0 aliphatic rings. The van der Waals surface area contributed by atoms with Crippen molar-refractivity contribution in [2.24, 2.45) is 0 Å². The Morgan fingerprint density at radius 2 is 2.27 bits per heavy atom. The van der Waals surface area contributed by atoms with Crippen molar-refractivity contribution in [2.75, 3.05) is 19.1 Å². The quantitative estimate of drug-likeness (QED) is 0.450. The predicted molar refractivity (Wildman–Crippen MR) is 81.6 cm³/mol. The van der Waals surface area contributed by atoms with Crippen molar-refractivity contribution < 1.29 is 14.3 Å². The monoisotopic (exact) mass is 304 g/mol. The van der Waals surface area contributed by atoms with E-state index in [2.05, 4.69) is 21.9 Å².